The van der Waals surface area contributed by atoms with E-state index in [0.717, 1.165) is 0 Å². The van der Waals surface area contributed by atoms with Crippen molar-refractivity contribution in [1.29, 1.82) is 0 Å². The molecule has 1 unspecified atom stereocenters. The van der Waals surface area contributed by atoms with Crippen LogP contribution in [0.2, 0.25) is 0 Å². The fourth-order valence-electron chi connectivity index (χ4n) is 2.07. The lowest BCUT2D eigenvalue weighted by atomic mass is 10.2. The number of nitrogens with two attached hydrogens (primary N) is 1. The summed E-state index contributed by atoms with van der Waals surface area (Å²) in [6.45, 7) is 1.87. The van der Waals surface area contributed by atoms with E-state index >= 15 is 0 Å². The lowest BCUT2D eigenvalue weighted by Crippen LogP contribution is -2.19. The number of carbonyl (C=O) groups excluding carboxylic acids is 1. The summed E-state index contributed by atoms with van der Waals surface area (Å²) in [5.74, 6) is -1.16. The predicted octanol–water partition coefficient (Wildman–Crippen LogP) is 3.61. The van der Waals surface area contributed by atoms with Gasteiger partial charge in [0.15, 0.2) is 11.6 Å². The monoisotopic (exact) mass is 334 g/mol. The van der Waals surface area contributed by atoms with Crippen LogP contribution in [0, 0.1) is 11.6 Å². The molecule has 1 amide bonds. The molecule has 0 bridgehead atoms. The molecule has 0 saturated carbocycles. The van der Waals surface area contributed by atoms with Crippen LogP contribution in [0.3, 0.4) is 0 Å². The highest BCUT2D eigenvalue weighted by Crippen LogP contribution is 2.22. The third-order valence-electron chi connectivity index (χ3n) is 3.33. The highest BCUT2D eigenvalue weighted by atomic mass is 19.1. The molecule has 24 heavy (non-hydrogen) atoms. The maximum absolute atomic E-state index is 14.0. The molecule has 0 heterocycles. The Labute approximate surface area is 139 Å². The SMILES string of the molecule is CC(N)CCC(=O)Nc1ccc(OCc2cccc(F)c2)c(F)c1. The quantitative estimate of drug-likeness (QED) is 0.813. The summed E-state index contributed by atoms with van der Waals surface area (Å²) in [6.07, 6.45) is 0.834. The highest BCUT2D eigenvalue weighted by Gasteiger charge is 2.09. The first-order chi connectivity index (χ1) is 11.4. The number of hydrogen-bond acceptors (Lipinski definition) is 3. The number of benzene rings is 2. The molecule has 0 aromatic heterocycles. The van der Waals surface area contributed by atoms with Crippen LogP contribution in [-0.2, 0) is 11.4 Å². The maximum Gasteiger partial charge on any atom is 0.224 e. The van der Waals surface area contributed by atoms with Crippen molar-refractivity contribution in [2.75, 3.05) is 5.32 Å². The Bertz CT molecular complexity index is 705. The number of rotatable bonds is 7. The topological polar surface area (TPSA) is 64.4 Å². The van der Waals surface area contributed by atoms with E-state index in [1.165, 1.54) is 24.3 Å². The second-order valence-corrected chi connectivity index (χ2v) is 5.63. The van der Waals surface area contributed by atoms with Gasteiger partial charge >= 0.3 is 0 Å². The largest absolute Gasteiger partial charge is 0.486 e. The van der Waals surface area contributed by atoms with Gasteiger partial charge in [0.25, 0.3) is 0 Å². The average Bonchev–Trinajstić information content (AvgIpc) is 2.52. The van der Waals surface area contributed by atoms with Crippen LogP contribution < -0.4 is 15.8 Å². The Kier molecular flexibility index (Phi) is 6.26. The number of hydrogen-bond donors (Lipinski definition) is 2. The van der Waals surface area contributed by atoms with Crippen molar-refractivity contribution in [2.45, 2.75) is 32.4 Å². The minimum atomic E-state index is -0.601. The fourth-order valence-corrected chi connectivity index (χ4v) is 2.07. The van der Waals surface area contributed by atoms with Crippen molar-refractivity contribution < 1.29 is 18.3 Å². The number of amides is 1. The number of halogens is 2. The molecule has 0 aliphatic carbocycles. The molecule has 0 radical (unpaired) electrons. The predicted molar refractivity (Wildman–Crippen MR) is 88.6 cm³/mol. The van der Waals surface area contributed by atoms with E-state index in [1.807, 2.05) is 6.92 Å². The van der Waals surface area contributed by atoms with Crippen molar-refractivity contribution in [3.63, 3.8) is 0 Å². The summed E-state index contributed by atoms with van der Waals surface area (Å²) in [6, 6.07) is 10.00. The van der Waals surface area contributed by atoms with E-state index in [9.17, 15) is 13.6 Å². The van der Waals surface area contributed by atoms with Gasteiger partial charge in [0.1, 0.15) is 12.4 Å². The van der Waals surface area contributed by atoms with Crippen LogP contribution >= 0.6 is 0 Å². The van der Waals surface area contributed by atoms with Gasteiger partial charge in [0.2, 0.25) is 5.91 Å². The molecule has 3 N–H and O–H groups in total. The molecule has 0 spiro atoms. The second kappa shape index (κ2) is 8.40. The average molecular weight is 334 g/mol. The van der Waals surface area contributed by atoms with Gasteiger partial charge in [-0.05, 0) is 43.2 Å². The summed E-state index contributed by atoms with van der Waals surface area (Å²) in [7, 11) is 0. The molecule has 0 aliphatic heterocycles. The Morgan fingerprint density at radius 1 is 1.25 bits per heavy atom. The summed E-state index contributed by atoms with van der Waals surface area (Å²) < 4.78 is 32.5. The molecule has 0 saturated heterocycles. The minimum Gasteiger partial charge on any atom is -0.486 e. The lowest BCUT2D eigenvalue weighted by molar-refractivity contribution is -0.116. The fraction of sp³-hybridized carbons (Fsp3) is 0.278. The Balaban J connectivity index is 1.93. The zero-order valence-electron chi connectivity index (χ0n) is 13.4. The Morgan fingerprint density at radius 3 is 2.71 bits per heavy atom. The van der Waals surface area contributed by atoms with E-state index in [-0.39, 0.29) is 36.5 Å². The molecule has 0 fully saturated rings. The molecule has 2 aromatic rings. The van der Waals surface area contributed by atoms with Crippen LogP contribution in [-0.4, -0.2) is 11.9 Å². The Hall–Kier alpha value is -2.47. The van der Waals surface area contributed by atoms with Crippen molar-refractivity contribution in [3.05, 3.63) is 59.7 Å². The van der Waals surface area contributed by atoms with E-state index < -0.39 is 5.82 Å². The Morgan fingerprint density at radius 2 is 2.04 bits per heavy atom. The van der Waals surface area contributed by atoms with Crippen LogP contribution in [0.1, 0.15) is 25.3 Å². The van der Waals surface area contributed by atoms with Gasteiger partial charge < -0.3 is 15.8 Å². The standard InChI is InChI=1S/C18H20F2N2O2/c1-12(21)5-8-18(23)22-15-6-7-17(16(20)10-15)24-11-13-3-2-4-14(19)9-13/h2-4,6-7,9-10,12H,5,8,11,21H2,1H3,(H,22,23). The molecular weight excluding hydrogens is 314 g/mol. The van der Waals surface area contributed by atoms with Crippen molar-refractivity contribution in [1.82, 2.24) is 0 Å². The van der Waals surface area contributed by atoms with Gasteiger partial charge in [-0.3, -0.25) is 4.79 Å². The zero-order chi connectivity index (χ0) is 17.5. The smallest absolute Gasteiger partial charge is 0.224 e. The molecule has 2 aromatic carbocycles. The van der Waals surface area contributed by atoms with Gasteiger partial charge in [-0.25, -0.2) is 8.78 Å². The van der Waals surface area contributed by atoms with E-state index in [2.05, 4.69) is 5.32 Å². The van der Waals surface area contributed by atoms with Gasteiger partial charge in [0, 0.05) is 24.2 Å². The molecule has 6 heteroatoms. The van der Waals surface area contributed by atoms with E-state index in [0.29, 0.717) is 17.7 Å². The van der Waals surface area contributed by atoms with Crippen LogP contribution in [0.5, 0.6) is 5.75 Å². The number of ether oxygens (including phenoxy) is 1. The first kappa shape index (κ1) is 17.9. The van der Waals surface area contributed by atoms with Crippen LogP contribution in [0.15, 0.2) is 42.5 Å². The van der Waals surface area contributed by atoms with Crippen molar-refractivity contribution in [2.24, 2.45) is 5.73 Å². The summed E-state index contributed by atoms with van der Waals surface area (Å²) in [5.41, 5.74) is 6.54. The summed E-state index contributed by atoms with van der Waals surface area (Å²) >= 11 is 0. The van der Waals surface area contributed by atoms with Gasteiger partial charge in [-0.15, -0.1) is 0 Å². The first-order valence-corrected chi connectivity index (χ1v) is 7.66. The molecule has 4 nitrogen and oxygen atoms in total. The number of anilines is 1. The van der Waals surface area contributed by atoms with Crippen molar-refractivity contribution in [3.8, 4) is 5.75 Å². The molecule has 2 rings (SSSR count). The van der Waals surface area contributed by atoms with Crippen LogP contribution in [0.4, 0.5) is 14.5 Å². The molecule has 1 atom stereocenters. The second-order valence-electron chi connectivity index (χ2n) is 5.63. The lowest BCUT2D eigenvalue weighted by Gasteiger charge is -2.10. The van der Waals surface area contributed by atoms with E-state index in [4.69, 9.17) is 10.5 Å². The molecular formula is C18H20F2N2O2. The third-order valence-corrected chi connectivity index (χ3v) is 3.33. The van der Waals surface area contributed by atoms with Gasteiger partial charge in [-0.1, -0.05) is 12.1 Å². The highest BCUT2D eigenvalue weighted by molar-refractivity contribution is 5.90. The minimum absolute atomic E-state index is 0.0350. The van der Waals surface area contributed by atoms with Crippen molar-refractivity contribution >= 4 is 11.6 Å². The van der Waals surface area contributed by atoms with Gasteiger partial charge in [0.05, 0.1) is 0 Å². The summed E-state index contributed by atoms with van der Waals surface area (Å²) in [5, 5.41) is 2.61. The molecule has 128 valence electrons. The first-order valence-electron chi connectivity index (χ1n) is 7.66. The third kappa shape index (κ3) is 5.62. The van der Waals surface area contributed by atoms with Gasteiger partial charge in [-0.2, -0.15) is 0 Å². The normalized spacial score (nSPS) is 11.8. The zero-order valence-corrected chi connectivity index (χ0v) is 13.4. The number of nitrogens with one attached hydrogen (secondary N) is 1. The van der Waals surface area contributed by atoms with Crippen LogP contribution in [0.25, 0.3) is 0 Å². The summed E-state index contributed by atoms with van der Waals surface area (Å²) in [4.78, 5) is 11.7. The number of carbonyl (C=O) groups is 1. The maximum atomic E-state index is 14.0. The van der Waals surface area contributed by atoms with E-state index in [1.54, 1.807) is 18.2 Å². The molecule has 0 aliphatic rings.